The summed E-state index contributed by atoms with van der Waals surface area (Å²) in [7, 11) is -0.923. The summed E-state index contributed by atoms with van der Waals surface area (Å²) in [6.07, 6.45) is 0. The quantitative estimate of drug-likeness (QED) is 0.140. The first kappa shape index (κ1) is 26.2. The third-order valence-electron chi connectivity index (χ3n) is 9.92. The molecule has 0 saturated carbocycles. The molecule has 2 aliphatic heterocycles. The highest BCUT2D eigenvalue weighted by Gasteiger charge is 2.39. The highest BCUT2D eigenvalue weighted by atomic mass is 31.1. The highest BCUT2D eigenvalue weighted by molar-refractivity contribution is 7.81. The molecule has 0 bridgehead atoms. The Morgan fingerprint density at radius 2 is 0.938 bits per heavy atom. The normalized spacial score (nSPS) is 14.4. The molecule has 0 fully saturated rings. The zero-order chi connectivity index (χ0) is 31.3. The van der Waals surface area contributed by atoms with Crippen molar-refractivity contribution in [1.82, 2.24) is 4.57 Å². The van der Waals surface area contributed by atoms with Gasteiger partial charge in [0.25, 0.3) is 0 Å². The second kappa shape index (κ2) is 9.81. The molecule has 11 rings (SSSR count). The predicted molar refractivity (Wildman–Crippen MR) is 200 cm³/mol. The van der Waals surface area contributed by atoms with Crippen molar-refractivity contribution in [2.24, 2.45) is 0 Å². The third-order valence-corrected chi connectivity index (χ3v) is 12.6. The van der Waals surface area contributed by atoms with Crippen LogP contribution in [0.1, 0.15) is 0 Å². The average Bonchev–Trinajstić information content (AvgIpc) is 3.49. The number of rotatable bonds is 2. The summed E-state index contributed by atoms with van der Waals surface area (Å²) in [6.45, 7) is 0. The molecule has 48 heavy (non-hydrogen) atoms. The first-order chi connectivity index (χ1) is 23.8. The number of ether oxygens (including phenoxy) is 2. The van der Waals surface area contributed by atoms with Gasteiger partial charge in [-0.05, 0) is 69.8 Å². The Morgan fingerprint density at radius 1 is 0.396 bits per heavy atom. The van der Waals surface area contributed by atoms with Gasteiger partial charge in [0.15, 0.2) is 0 Å². The van der Waals surface area contributed by atoms with Gasteiger partial charge in [-0.15, -0.1) is 0 Å². The second-order valence-corrected chi connectivity index (χ2v) is 14.6. The Bertz CT molecular complexity index is 2740. The van der Waals surface area contributed by atoms with Gasteiger partial charge in [0.1, 0.15) is 23.0 Å². The van der Waals surface area contributed by atoms with E-state index in [-0.39, 0.29) is 0 Å². The standard InChI is InChI=1S/C44H26NO2P/c1-3-15-34-30(11-1)31-12-2-4-16-35(31)43-42(34)47-40-26-28(25-39-44(40)48(43)41-20-10-9-19-38(41)46-39)27-21-23-29(24-22-27)45-36-17-7-5-13-32(36)33-14-6-8-18-37(33)45/h1-26H. The van der Waals surface area contributed by atoms with Crippen LogP contribution in [0.2, 0.25) is 0 Å². The summed E-state index contributed by atoms with van der Waals surface area (Å²) in [5, 5.41) is 11.0. The van der Waals surface area contributed by atoms with Crippen LogP contribution < -0.4 is 25.4 Å². The molecule has 0 radical (unpaired) electrons. The molecule has 1 unspecified atom stereocenters. The van der Waals surface area contributed by atoms with Crippen LogP contribution >= 0.6 is 7.92 Å². The van der Waals surface area contributed by atoms with E-state index in [2.05, 4.69) is 162 Å². The van der Waals surface area contributed by atoms with Crippen molar-refractivity contribution in [2.75, 3.05) is 0 Å². The van der Waals surface area contributed by atoms with Gasteiger partial charge < -0.3 is 14.0 Å². The van der Waals surface area contributed by atoms with Crippen LogP contribution in [0.5, 0.6) is 23.0 Å². The fourth-order valence-corrected chi connectivity index (χ4v) is 10.6. The average molecular weight is 632 g/mol. The Hall–Kier alpha value is -5.89. The van der Waals surface area contributed by atoms with Gasteiger partial charge in [0.05, 0.1) is 16.3 Å². The number of para-hydroxylation sites is 3. The molecule has 0 aliphatic carbocycles. The second-order valence-electron chi connectivity index (χ2n) is 12.5. The molecule has 3 heterocycles. The van der Waals surface area contributed by atoms with Crippen molar-refractivity contribution < 1.29 is 9.47 Å². The van der Waals surface area contributed by atoms with E-state index in [0.717, 1.165) is 50.5 Å². The SMILES string of the molecule is c1ccc2c(c1)Oc1cc(-c3ccc(-n4c5ccccc5c5ccccc54)cc3)cc3c1P2c1c(c2ccccc2c2ccccc12)O3. The summed E-state index contributed by atoms with van der Waals surface area (Å²) >= 11 is 0. The smallest absolute Gasteiger partial charge is 0.144 e. The van der Waals surface area contributed by atoms with Crippen LogP contribution in [0.15, 0.2) is 158 Å². The number of hydrogen-bond acceptors (Lipinski definition) is 2. The summed E-state index contributed by atoms with van der Waals surface area (Å²) < 4.78 is 16.1. The van der Waals surface area contributed by atoms with Crippen LogP contribution in [0.4, 0.5) is 0 Å². The van der Waals surface area contributed by atoms with Gasteiger partial charge in [0.2, 0.25) is 0 Å². The third kappa shape index (κ3) is 3.57. The van der Waals surface area contributed by atoms with Crippen molar-refractivity contribution in [2.45, 2.75) is 0 Å². The zero-order valence-electron chi connectivity index (χ0n) is 25.7. The molecule has 4 heteroatoms. The minimum atomic E-state index is -0.923. The highest BCUT2D eigenvalue weighted by Crippen LogP contribution is 2.56. The molecular formula is C44H26NO2P. The topological polar surface area (TPSA) is 23.4 Å². The lowest BCUT2D eigenvalue weighted by Crippen LogP contribution is -2.32. The van der Waals surface area contributed by atoms with Gasteiger partial charge in [-0.3, -0.25) is 0 Å². The van der Waals surface area contributed by atoms with Crippen molar-refractivity contribution in [3.63, 3.8) is 0 Å². The van der Waals surface area contributed by atoms with E-state index in [9.17, 15) is 0 Å². The van der Waals surface area contributed by atoms with Crippen LogP contribution in [0, 0.1) is 0 Å². The predicted octanol–water partition coefficient (Wildman–Crippen LogP) is 10.7. The molecule has 9 aromatic rings. The summed E-state index contributed by atoms with van der Waals surface area (Å²) in [5.74, 6) is 3.64. The van der Waals surface area contributed by atoms with Gasteiger partial charge >= 0.3 is 0 Å². The van der Waals surface area contributed by atoms with Gasteiger partial charge in [-0.1, -0.05) is 115 Å². The zero-order valence-corrected chi connectivity index (χ0v) is 26.6. The maximum Gasteiger partial charge on any atom is 0.144 e. The largest absolute Gasteiger partial charge is 0.456 e. The minimum Gasteiger partial charge on any atom is -0.456 e. The number of fused-ring (bicyclic) bond motifs is 12. The van der Waals surface area contributed by atoms with Crippen LogP contribution in [-0.2, 0) is 0 Å². The Balaban J connectivity index is 1.11. The van der Waals surface area contributed by atoms with E-state index in [0.29, 0.717) is 0 Å². The Labute approximate surface area is 278 Å². The number of nitrogens with zero attached hydrogens (tertiary/aromatic N) is 1. The monoisotopic (exact) mass is 631 g/mol. The van der Waals surface area contributed by atoms with Gasteiger partial charge in [-0.25, -0.2) is 0 Å². The van der Waals surface area contributed by atoms with Crippen molar-refractivity contribution >= 4 is 67.2 Å². The molecule has 224 valence electrons. The molecule has 0 amide bonds. The van der Waals surface area contributed by atoms with Crippen molar-refractivity contribution in [1.29, 1.82) is 0 Å². The number of benzene rings is 8. The number of hydrogen-bond donors (Lipinski definition) is 0. The molecule has 3 nitrogen and oxygen atoms in total. The molecule has 1 atom stereocenters. The maximum absolute atomic E-state index is 7.03. The molecular weight excluding hydrogens is 605 g/mol. The van der Waals surface area contributed by atoms with Crippen LogP contribution in [0.25, 0.3) is 60.2 Å². The first-order valence-electron chi connectivity index (χ1n) is 16.3. The van der Waals surface area contributed by atoms with Gasteiger partial charge in [0, 0.05) is 40.4 Å². The van der Waals surface area contributed by atoms with E-state index < -0.39 is 7.92 Å². The molecule has 0 saturated heterocycles. The van der Waals surface area contributed by atoms with Crippen LogP contribution in [-0.4, -0.2) is 4.57 Å². The minimum absolute atomic E-state index is 0.877. The summed E-state index contributed by atoms with van der Waals surface area (Å²) in [4.78, 5) is 0. The molecule has 8 aromatic carbocycles. The van der Waals surface area contributed by atoms with Gasteiger partial charge in [-0.2, -0.15) is 0 Å². The number of aromatic nitrogens is 1. The maximum atomic E-state index is 7.03. The first-order valence-corrected chi connectivity index (χ1v) is 17.6. The molecule has 0 spiro atoms. The lowest BCUT2D eigenvalue weighted by Gasteiger charge is -2.36. The molecule has 0 N–H and O–H groups in total. The Kier molecular flexibility index (Phi) is 5.36. The lowest BCUT2D eigenvalue weighted by atomic mass is 10.0. The summed E-state index contributed by atoms with van der Waals surface area (Å²) in [5.41, 5.74) is 5.73. The van der Waals surface area contributed by atoms with E-state index in [1.54, 1.807) is 0 Å². The van der Waals surface area contributed by atoms with E-state index in [1.165, 1.54) is 48.6 Å². The van der Waals surface area contributed by atoms with Crippen molar-refractivity contribution in [3.8, 4) is 39.8 Å². The lowest BCUT2D eigenvalue weighted by molar-refractivity contribution is 0.470. The van der Waals surface area contributed by atoms with Crippen molar-refractivity contribution in [3.05, 3.63) is 158 Å². The Morgan fingerprint density at radius 3 is 1.65 bits per heavy atom. The fourth-order valence-electron chi connectivity index (χ4n) is 7.85. The van der Waals surface area contributed by atoms with E-state index >= 15 is 0 Å². The van der Waals surface area contributed by atoms with E-state index in [4.69, 9.17) is 9.47 Å². The fraction of sp³-hybridized carbons (Fsp3) is 0. The van der Waals surface area contributed by atoms with Crippen LogP contribution in [0.3, 0.4) is 0 Å². The molecule has 2 aliphatic rings. The molecule has 1 aromatic heterocycles. The summed E-state index contributed by atoms with van der Waals surface area (Å²) in [6, 6.07) is 56.5. The van der Waals surface area contributed by atoms with E-state index in [1.807, 2.05) is 0 Å².